The molecule has 1 amide bonds. The first-order valence-electron chi connectivity index (χ1n) is 9.92. The first-order chi connectivity index (χ1) is 13.0. The molecule has 4 rings (SSSR count). The van der Waals surface area contributed by atoms with Gasteiger partial charge >= 0.3 is 0 Å². The highest BCUT2D eigenvalue weighted by Crippen LogP contribution is 2.28. The molecule has 2 aliphatic rings. The zero-order valence-corrected chi connectivity index (χ0v) is 16.2. The molecular formula is C21H28N4O2. The lowest BCUT2D eigenvalue weighted by atomic mass is 9.99. The third-order valence-corrected chi connectivity index (χ3v) is 5.64. The number of carbonyl (C=O) groups is 1. The van der Waals surface area contributed by atoms with Crippen LogP contribution in [0.5, 0.6) is 0 Å². The molecule has 2 aromatic rings. The van der Waals surface area contributed by atoms with Crippen molar-refractivity contribution in [3.8, 4) is 0 Å². The highest BCUT2D eigenvalue weighted by atomic mass is 16.3. The van der Waals surface area contributed by atoms with Crippen molar-refractivity contribution < 1.29 is 9.90 Å². The molecular weight excluding hydrogens is 340 g/mol. The number of aryl methyl sites for hydroxylation is 2. The minimum absolute atomic E-state index is 0.168. The molecule has 27 heavy (non-hydrogen) atoms. The maximum Gasteiger partial charge on any atom is 0.241 e. The Bertz CT molecular complexity index is 845. The summed E-state index contributed by atoms with van der Waals surface area (Å²) in [6, 6.07) is 8.36. The molecule has 3 heterocycles. The lowest BCUT2D eigenvalue weighted by Crippen LogP contribution is -2.45. The maximum absolute atomic E-state index is 13.0. The number of hydrogen-bond donors (Lipinski definition) is 1. The SMILES string of the molecule is CC[C@@H](O)c1cc2n(n1)CCN(CC(=O)N1CCCc3cc(C)ccc31)C2. The Hall–Kier alpha value is -2.18. The Kier molecular flexibility index (Phi) is 5.02. The van der Waals surface area contributed by atoms with E-state index in [-0.39, 0.29) is 5.91 Å². The molecule has 0 fully saturated rings. The highest BCUT2D eigenvalue weighted by molar-refractivity contribution is 5.96. The summed E-state index contributed by atoms with van der Waals surface area (Å²) in [7, 11) is 0. The number of aliphatic hydroxyl groups excluding tert-OH is 1. The third kappa shape index (κ3) is 3.64. The summed E-state index contributed by atoms with van der Waals surface area (Å²) in [5.74, 6) is 0.168. The van der Waals surface area contributed by atoms with Gasteiger partial charge in [0.05, 0.1) is 30.6 Å². The van der Waals surface area contributed by atoms with Crippen molar-refractivity contribution in [1.29, 1.82) is 0 Å². The molecule has 6 nitrogen and oxygen atoms in total. The van der Waals surface area contributed by atoms with Crippen LogP contribution in [0.1, 0.15) is 48.4 Å². The number of aliphatic hydroxyl groups is 1. The Morgan fingerprint density at radius 3 is 2.93 bits per heavy atom. The van der Waals surface area contributed by atoms with Crippen molar-refractivity contribution in [1.82, 2.24) is 14.7 Å². The number of carbonyl (C=O) groups excluding carboxylic acids is 1. The number of anilines is 1. The molecule has 0 spiro atoms. The van der Waals surface area contributed by atoms with Gasteiger partial charge in [-0.3, -0.25) is 14.4 Å². The third-order valence-electron chi connectivity index (χ3n) is 5.64. The van der Waals surface area contributed by atoms with Crippen LogP contribution < -0.4 is 4.90 Å². The molecule has 0 radical (unpaired) electrons. The molecule has 0 saturated heterocycles. The number of nitrogens with zero attached hydrogens (tertiary/aromatic N) is 4. The van der Waals surface area contributed by atoms with Crippen LogP contribution in [-0.2, 0) is 24.3 Å². The molecule has 0 bridgehead atoms. The van der Waals surface area contributed by atoms with E-state index in [0.29, 0.717) is 19.5 Å². The van der Waals surface area contributed by atoms with Crippen molar-refractivity contribution in [3.63, 3.8) is 0 Å². The van der Waals surface area contributed by atoms with Crippen LogP contribution in [-0.4, -0.2) is 45.3 Å². The van der Waals surface area contributed by atoms with Gasteiger partial charge in [0.1, 0.15) is 0 Å². The number of rotatable bonds is 4. The van der Waals surface area contributed by atoms with Crippen molar-refractivity contribution in [2.45, 2.75) is 52.3 Å². The molecule has 1 aromatic heterocycles. The maximum atomic E-state index is 13.0. The Morgan fingerprint density at radius 1 is 1.26 bits per heavy atom. The van der Waals surface area contributed by atoms with Gasteiger partial charge in [0.25, 0.3) is 0 Å². The lowest BCUT2D eigenvalue weighted by molar-refractivity contribution is -0.120. The average molecular weight is 368 g/mol. The van der Waals surface area contributed by atoms with E-state index in [0.717, 1.165) is 49.6 Å². The number of amides is 1. The topological polar surface area (TPSA) is 61.6 Å². The monoisotopic (exact) mass is 368 g/mol. The van der Waals surface area contributed by atoms with Crippen LogP contribution in [0.25, 0.3) is 0 Å². The summed E-state index contributed by atoms with van der Waals surface area (Å²) in [5.41, 5.74) is 5.42. The zero-order valence-electron chi connectivity index (χ0n) is 16.2. The fraction of sp³-hybridized carbons (Fsp3) is 0.524. The first kappa shape index (κ1) is 18.2. The predicted octanol–water partition coefficient (Wildman–Crippen LogP) is 2.43. The summed E-state index contributed by atoms with van der Waals surface area (Å²) in [6.45, 7) is 7.53. The van der Waals surface area contributed by atoms with Gasteiger partial charge in [-0.05, 0) is 43.9 Å². The molecule has 6 heteroatoms. The fourth-order valence-electron chi connectivity index (χ4n) is 4.11. The van der Waals surface area contributed by atoms with Gasteiger partial charge in [-0.15, -0.1) is 0 Å². The smallest absolute Gasteiger partial charge is 0.241 e. The second kappa shape index (κ2) is 7.44. The molecule has 2 aliphatic heterocycles. The van der Waals surface area contributed by atoms with Crippen LogP contribution in [0.3, 0.4) is 0 Å². The van der Waals surface area contributed by atoms with E-state index in [2.05, 4.69) is 35.1 Å². The van der Waals surface area contributed by atoms with Crippen LogP contribution >= 0.6 is 0 Å². The Balaban J connectivity index is 1.45. The summed E-state index contributed by atoms with van der Waals surface area (Å²) in [5, 5.41) is 14.5. The Morgan fingerprint density at radius 2 is 2.11 bits per heavy atom. The van der Waals surface area contributed by atoms with Crippen molar-refractivity contribution in [2.75, 3.05) is 24.5 Å². The predicted molar refractivity (Wildman–Crippen MR) is 105 cm³/mol. The largest absolute Gasteiger partial charge is 0.387 e. The fourth-order valence-corrected chi connectivity index (χ4v) is 4.11. The molecule has 0 unspecified atom stereocenters. The number of aromatic nitrogens is 2. The van der Waals surface area contributed by atoms with Gasteiger partial charge in [0, 0.05) is 25.3 Å². The van der Waals surface area contributed by atoms with Gasteiger partial charge in [0.2, 0.25) is 5.91 Å². The minimum Gasteiger partial charge on any atom is -0.387 e. The second-order valence-electron chi connectivity index (χ2n) is 7.70. The normalized spacial score (nSPS) is 18.1. The molecule has 1 aromatic carbocycles. The van der Waals surface area contributed by atoms with Crippen LogP contribution in [0.4, 0.5) is 5.69 Å². The highest BCUT2D eigenvalue weighted by Gasteiger charge is 2.26. The molecule has 0 saturated carbocycles. The zero-order chi connectivity index (χ0) is 19.0. The Labute approximate surface area is 160 Å². The van der Waals surface area contributed by atoms with Gasteiger partial charge in [0.15, 0.2) is 0 Å². The van der Waals surface area contributed by atoms with E-state index in [1.165, 1.54) is 11.1 Å². The molecule has 144 valence electrons. The molecule has 1 atom stereocenters. The van der Waals surface area contributed by atoms with E-state index in [4.69, 9.17) is 0 Å². The summed E-state index contributed by atoms with van der Waals surface area (Å²) >= 11 is 0. The summed E-state index contributed by atoms with van der Waals surface area (Å²) < 4.78 is 1.97. The quantitative estimate of drug-likeness (QED) is 0.900. The average Bonchev–Trinajstić information content (AvgIpc) is 3.10. The lowest BCUT2D eigenvalue weighted by Gasteiger charge is -2.33. The van der Waals surface area contributed by atoms with Gasteiger partial charge < -0.3 is 10.0 Å². The standard InChI is InChI=1S/C21H28N4O2/c1-3-20(26)18-12-17-13-23(9-10-25(17)22-18)14-21(27)24-8-4-5-16-11-15(2)6-7-19(16)24/h6-7,11-12,20,26H,3-5,8-10,13-14H2,1-2H3/t20-/m1/s1. The van der Waals surface area contributed by atoms with Crippen molar-refractivity contribution in [3.05, 3.63) is 46.8 Å². The van der Waals surface area contributed by atoms with Gasteiger partial charge in [-0.25, -0.2) is 0 Å². The summed E-state index contributed by atoms with van der Waals surface area (Å²) in [6.07, 6.45) is 2.22. The minimum atomic E-state index is -0.508. The number of benzene rings is 1. The van der Waals surface area contributed by atoms with Crippen molar-refractivity contribution >= 4 is 11.6 Å². The summed E-state index contributed by atoms with van der Waals surface area (Å²) in [4.78, 5) is 17.1. The van der Waals surface area contributed by atoms with E-state index in [1.807, 2.05) is 22.6 Å². The van der Waals surface area contributed by atoms with Crippen LogP contribution in [0.15, 0.2) is 24.3 Å². The number of fused-ring (bicyclic) bond motifs is 2. The first-order valence-corrected chi connectivity index (χ1v) is 9.92. The van der Waals surface area contributed by atoms with Crippen LogP contribution in [0, 0.1) is 6.92 Å². The van der Waals surface area contributed by atoms with E-state index >= 15 is 0 Å². The van der Waals surface area contributed by atoms with E-state index in [1.54, 1.807) is 0 Å². The molecule has 1 N–H and O–H groups in total. The van der Waals surface area contributed by atoms with E-state index < -0.39 is 6.10 Å². The number of hydrogen-bond acceptors (Lipinski definition) is 4. The molecule has 0 aliphatic carbocycles. The van der Waals surface area contributed by atoms with Gasteiger partial charge in [-0.2, -0.15) is 5.10 Å². The van der Waals surface area contributed by atoms with Gasteiger partial charge in [-0.1, -0.05) is 24.6 Å². The second-order valence-corrected chi connectivity index (χ2v) is 7.70. The van der Waals surface area contributed by atoms with Crippen LogP contribution in [0.2, 0.25) is 0 Å². The van der Waals surface area contributed by atoms with Crippen molar-refractivity contribution in [2.24, 2.45) is 0 Å². The van der Waals surface area contributed by atoms with E-state index in [9.17, 15) is 9.90 Å².